The predicted octanol–water partition coefficient (Wildman–Crippen LogP) is 0.280. The van der Waals surface area contributed by atoms with Crippen LogP contribution in [0, 0.1) is 0 Å². The van der Waals surface area contributed by atoms with E-state index in [-0.39, 0.29) is 1.43 Å². The molecule has 0 spiro atoms. The number of alkyl halides is 3. The van der Waals surface area contributed by atoms with Crippen LogP contribution in [0.15, 0.2) is 0 Å². The Morgan fingerprint density at radius 1 is 1.57 bits per heavy atom. The van der Waals surface area contributed by atoms with Crippen LogP contribution in [0.1, 0.15) is 1.43 Å². The van der Waals surface area contributed by atoms with Gasteiger partial charge in [-0.3, -0.25) is 4.79 Å². The third kappa shape index (κ3) is 2.02. The predicted molar refractivity (Wildman–Crippen MR) is 17.4 cm³/mol. The maximum atomic E-state index is 10.7. The highest BCUT2D eigenvalue weighted by molar-refractivity contribution is 5.79. The van der Waals surface area contributed by atoms with E-state index in [0.717, 1.165) is 0 Å². The Labute approximate surface area is 38.6 Å². The summed E-state index contributed by atoms with van der Waals surface area (Å²) in [5, 5.41) is 0. The number of carbonyl (C=O) groups is 1. The van der Waals surface area contributed by atoms with Crippen LogP contribution in [0.25, 0.3) is 0 Å². The normalized spacial score (nSPS) is 11.3. The maximum Gasteiger partial charge on any atom is 0.470 e. The second kappa shape index (κ2) is 1.40. The third-order valence-electron chi connectivity index (χ3n) is 0.279. The van der Waals surface area contributed by atoms with Crippen molar-refractivity contribution in [3.8, 4) is 0 Å². The van der Waals surface area contributed by atoms with Gasteiger partial charge in [-0.05, 0) is 0 Å². The number of halogens is 3. The molecule has 2 N–H and O–H groups in total. The molecule has 0 saturated heterocycles. The average molecular weight is 115 g/mol. The van der Waals surface area contributed by atoms with Crippen molar-refractivity contribution in [1.82, 2.24) is 0 Å². The summed E-state index contributed by atoms with van der Waals surface area (Å²) in [5.41, 5.74) is 3.81. The van der Waals surface area contributed by atoms with Crippen LogP contribution in [0.2, 0.25) is 0 Å². The van der Waals surface area contributed by atoms with Crippen LogP contribution >= 0.6 is 0 Å². The zero-order valence-corrected chi connectivity index (χ0v) is 3.12. The Balaban J connectivity index is 0. The summed E-state index contributed by atoms with van der Waals surface area (Å²) in [6.45, 7) is 0. The standard InChI is InChI=1S/C2H2F3NO.H2/c3-2(4,5)1(6)7;/h(H2,6,7);1H. The zero-order valence-electron chi connectivity index (χ0n) is 3.12. The van der Waals surface area contributed by atoms with E-state index in [0.29, 0.717) is 0 Å². The van der Waals surface area contributed by atoms with Crippen molar-refractivity contribution in [2.24, 2.45) is 5.73 Å². The van der Waals surface area contributed by atoms with Crippen molar-refractivity contribution in [2.75, 3.05) is 0 Å². The second-order valence-corrected chi connectivity index (χ2v) is 0.862. The average Bonchev–Trinajstić information content (AvgIpc) is 1.31. The third-order valence-corrected chi connectivity index (χ3v) is 0.279. The Hall–Kier alpha value is -0.740. The summed E-state index contributed by atoms with van der Waals surface area (Å²) in [4.78, 5) is 9.12. The minimum absolute atomic E-state index is 0. The quantitative estimate of drug-likeness (QED) is 0.484. The van der Waals surface area contributed by atoms with E-state index >= 15 is 0 Å². The zero-order chi connectivity index (χ0) is 6.08. The van der Waals surface area contributed by atoms with Crippen LogP contribution in [0.3, 0.4) is 0 Å². The van der Waals surface area contributed by atoms with E-state index in [2.05, 4.69) is 5.73 Å². The monoisotopic (exact) mass is 115 g/mol. The first kappa shape index (κ1) is 6.26. The number of carbonyl (C=O) groups excluding carboxylic acids is 1. The number of hydrogen-bond acceptors (Lipinski definition) is 1. The molecule has 0 aliphatic heterocycles. The molecule has 0 fully saturated rings. The lowest BCUT2D eigenvalue weighted by Crippen LogP contribution is -2.30. The summed E-state index contributed by atoms with van der Waals surface area (Å²) >= 11 is 0. The van der Waals surface area contributed by atoms with Gasteiger partial charge in [-0.15, -0.1) is 0 Å². The molecule has 0 heterocycles. The molecule has 0 saturated carbocycles. The molecule has 0 atom stereocenters. The summed E-state index contributed by atoms with van der Waals surface area (Å²) in [5.74, 6) is -2.26. The Kier molecular flexibility index (Phi) is 1.25. The first-order valence-electron chi connectivity index (χ1n) is 1.31. The SMILES string of the molecule is NC(=O)C(F)(F)F.[HH]. The van der Waals surface area contributed by atoms with Crippen LogP contribution in [-0.2, 0) is 4.79 Å². The van der Waals surface area contributed by atoms with Crippen molar-refractivity contribution < 1.29 is 19.4 Å². The van der Waals surface area contributed by atoms with Crippen molar-refractivity contribution in [1.29, 1.82) is 0 Å². The molecule has 0 aromatic rings. The van der Waals surface area contributed by atoms with Gasteiger partial charge in [-0.2, -0.15) is 13.2 Å². The Morgan fingerprint density at radius 2 is 1.71 bits per heavy atom. The number of rotatable bonds is 0. The first-order valence-corrected chi connectivity index (χ1v) is 1.31. The smallest absolute Gasteiger partial charge is 0.362 e. The molecule has 2 nitrogen and oxygen atoms in total. The largest absolute Gasteiger partial charge is 0.470 e. The molecule has 0 radical (unpaired) electrons. The van der Waals surface area contributed by atoms with E-state index in [9.17, 15) is 13.2 Å². The van der Waals surface area contributed by atoms with Crippen LogP contribution in [0.4, 0.5) is 13.2 Å². The van der Waals surface area contributed by atoms with Gasteiger partial charge in [0.1, 0.15) is 0 Å². The maximum absolute atomic E-state index is 10.7. The molecule has 44 valence electrons. The molecule has 0 rings (SSSR count). The summed E-state index contributed by atoms with van der Waals surface area (Å²) < 4.78 is 32.1. The number of hydrogen-bond donors (Lipinski definition) is 1. The molecular weight excluding hydrogens is 111 g/mol. The van der Waals surface area contributed by atoms with Gasteiger partial charge < -0.3 is 5.73 Å². The van der Waals surface area contributed by atoms with Gasteiger partial charge in [0.15, 0.2) is 0 Å². The lowest BCUT2D eigenvalue weighted by Gasteiger charge is -1.95. The molecule has 5 heteroatoms. The van der Waals surface area contributed by atoms with Crippen molar-refractivity contribution in [3.63, 3.8) is 0 Å². The number of nitrogens with two attached hydrogens (primary N) is 1. The van der Waals surface area contributed by atoms with Gasteiger partial charge in [-0.1, -0.05) is 0 Å². The molecule has 0 unspecified atom stereocenters. The molecule has 0 bridgehead atoms. The number of amides is 1. The van der Waals surface area contributed by atoms with Gasteiger partial charge >= 0.3 is 12.1 Å². The molecule has 0 aromatic carbocycles. The molecule has 0 aliphatic carbocycles. The second-order valence-electron chi connectivity index (χ2n) is 0.862. The fraction of sp³-hybridized carbons (Fsp3) is 0.500. The lowest BCUT2D eigenvalue weighted by molar-refractivity contribution is -0.169. The van der Waals surface area contributed by atoms with Crippen LogP contribution in [0.5, 0.6) is 0 Å². The van der Waals surface area contributed by atoms with Gasteiger partial charge in [0.05, 0.1) is 0 Å². The van der Waals surface area contributed by atoms with Crippen molar-refractivity contribution in [3.05, 3.63) is 0 Å². The Bertz CT molecular complexity index is 89.8. The van der Waals surface area contributed by atoms with Gasteiger partial charge in [0, 0.05) is 1.43 Å². The van der Waals surface area contributed by atoms with Crippen LogP contribution < -0.4 is 5.73 Å². The van der Waals surface area contributed by atoms with Crippen LogP contribution in [-0.4, -0.2) is 12.1 Å². The van der Waals surface area contributed by atoms with Crippen molar-refractivity contribution in [2.45, 2.75) is 6.18 Å². The highest BCUT2D eigenvalue weighted by atomic mass is 19.4. The first-order chi connectivity index (χ1) is 2.94. The van der Waals surface area contributed by atoms with Gasteiger partial charge in [-0.25, -0.2) is 0 Å². The Morgan fingerprint density at radius 3 is 1.71 bits per heavy atom. The van der Waals surface area contributed by atoms with E-state index in [4.69, 9.17) is 4.79 Å². The van der Waals surface area contributed by atoms with Crippen molar-refractivity contribution >= 4 is 5.91 Å². The molecule has 1 amide bonds. The fourth-order valence-electron chi connectivity index (χ4n) is 0. The topological polar surface area (TPSA) is 43.1 Å². The van der Waals surface area contributed by atoms with E-state index in [1.807, 2.05) is 0 Å². The summed E-state index contributed by atoms with van der Waals surface area (Å²) in [7, 11) is 0. The molecule has 0 aromatic heterocycles. The van der Waals surface area contributed by atoms with Gasteiger partial charge in [0.2, 0.25) is 0 Å². The summed E-state index contributed by atoms with van der Waals surface area (Å²) in [6.07, 6.45) is -4.86. The number of primary amides is 1. The molecule has 7 heavy (non-hydrogen) atoms. The molecular formula is C2H4F3NO. The minimum atomic E-state index is -4.86. The highest BCUT2D eigenvalue weighted by Crippen LogP contribution is 2.11. The fourth-order valence-corrected chi connectivity index (χ4v) is 0. The highest BCUT2D eigenvalue weighted by Gasteiger charge is 2.35. The molecule has 0 aliphatic rings. The van der Waals surface area contributed by atoms with Gasteiger partial charge in [0.25, 0.3) is 0 Å². The lowest BCUT2D eigenvalue weighted by atomic mass is 10.6. The summed E-state index contributed by atoms with van der Waals surface area (Å²) in [6, 6.07) is 0. The van der Waals surface area contributed by atoms with E-state index < -0.39 is 12.1 Å². The van der Waals surface area contributed by atoms with E-state index in [1.165, 1.54) is 0 Å². The van der Waals surface area contributed by atoms with E-state index in [1.54, 1.807) is 0 Å². The minimum Gasteiger partial charge on any atom is -0.362 e.